The second-order valence-electron chi connectivity index (χ2n) is 4.68. The third-order valence-corrected chi connectivity index (χ3v) is 3.01. The molecule has 0 bridgehead atoms. The molecule has 0 amide bonds. The summed E-state index contributed by atoms with van der Waals surface area (Å²) in [4.78, 5) is 10.7. The van der Waals surface area contributed by atoms with Crippen molar-refractivity contribution in [1.82, 2.24) is 5.32 Å². The predicted molar refractivity (Wildman–Crippen MR) is 72.1 cm³/mol. The molecule has 20 heavy (non-hydrogen) atoms. The normalized spacial score (nSPS) is 12.3. The Hall–Kier alpha value is -2.14. The zero-order chi connectivity index (χ0) is 14.5. The Kier molecular flexibility index (Phi) is 4.53. The molecule has 0 aliphatic carbocycles. The van der Waals surface area contributed by atoms with Crippen LogP contribution in [0.3, 0.4) is 0 Å². The standard InChI is InChI=1S/C15H16FNO3/c1-10(7-12-3-2-6-20-12)17-9-11-4-5-13(15(18)19)14(16)8-11/h2-6,8,10,17H,7,9H2,1H3,(H,18,19). The maximum Gasteiger partial charge on any atom is 0.338 e. The molecule has 1 heterocycles. The van der Waals surface area contributed by atoms with Crippen LogP contribution in [0.4, 0.5) is 4.39 Å². The summed E-state index contributed by atoms with van der Waals surface area (Å²) in [5.74, 6) is -1.08. The fourth-order valence-corrected chi connectivity index (χ4v) is 1.94. The van der Waals surface area contributed by atoms with Crippen molar-refractivity contribution in [3.05, 3.63) is 59.3 Å². The molecule has 0 aliphatic rings. The number of halogens is 1. The van der Waals surface area contributed by atoms with Gasteiger partial charge < -0.3 is 14.8 Å². The van der Waals surface area contributed by atoms with E-state index in [2.05, 4.69) is 5.32 Å². The Morgan fingerprint density at radius 3 is 2.85 bits per heavy atom. The molecule has 0 saturated carbocycles. The molecule has 0 aliphatic heterocycles. The minimum atomic E-state index is -1.26. The number of aromatic carboxylic acids is 1. The van der Waals surface area contributed by atoms with Crippen LogP contribution in [0.2, 0.25) is 0 Å². The van der Waals surface area contributed by atoms with E-state index in [-0.39, 0.29) is 11.6 Å². The molecule has 0 fully saturated rings. The number of furan rings is 1. The number of hydrogen-bond acceptors (Lipinski definition) is 3. The maximum atomic E-state index is 13.5. The topological polar surface area (TPSA) is 62.5 Å². The summed E-state index contributed by atoms with van der Waals surface area (Å²) >= 11 is 0. The van der Waals surface area contributed by atoms with Gasteiger partial charge in [0.25, 0.3) is 0 Å². The number of rotatable bonds is 6. The van der Waals surface area contributed by atoms with Crippen molar-refractivity contribution in [2.75, 3.05) is 0 Å². The summed E-state index contributed by atoms with van der Waals surface area (Å²) in [6, 6.07) is 8.05. The molecular weight excluding hydrogens is 261 g/mol. The zero-order valence-electron chi connectivity index (χ0n) is 11.1. The number of hydrogen-bond donors (Lipinski definition) is 2. The highest BCUT2D eigenvalue weighted by molar-refractivity contribution is 5.87. The van der Waals surface area contributed by atoms with Crippen LogP contribution < -0.4 is 5.32 Å². The molecule has 1 unspecified atom stereocenters. The van der Waals surface area contributed by atoms with Gasteiger partial charge in [-0.1, -0.05) is 6.07 Å². The molecule has 0 radical (unpaired) electrons. The Morgan fingerprint density at radius 2 is 2.25 bits per heavy atom. The average Bonchev–Trinajstić information content (AvgIpc) is 2.89. The molecule has 0 spiro atoms. The van der Waals surface area contributed by atoms with E-state index in [0.717, 1.165) is 12.2 Å². The molecule has 1 aromatic heterocycles. The first kappa shape index (κ1) is 14.3. The highest BCUT2D eigenvalue weighted by Crippen LogP contribution is 2.11. The van der Waals surface area contributed by atoms with E-state index in [9.17, 15) is 9.18 Å². The molecule has 2 N–H and O–H groups in total. The van der Waals surface area contributed by atoms with Gasteiger partial charge in [-0.25, -0.2) is 9.18 Å². The van der Waals surface area contributed by atoms with E-state index in [1.807, 2.05) is 19.1 Å². The highest BCUT2D eigenvalue weighted by Gasteiger charge is 2.11. The highest BCUT2D eigenvalue weighted by atomic mass is 19.1. The second kappa shape index (κ2) is 6.34. The summed E-state index contributed by atoms with van der Waals surface area (Å²) in [6.07, 6.45) is 2.37. The van der Waals surface area contributed by atoms with Crippen molar-refractivity contribution < 1.29 is 18.7 Å². The largest absolute Gasteiger partial charge is 0.478 e. The van der Waals surface area contributed by atoms with Crippen LogP contribution in [0.5, 0.6) is 0 Å². The lowest BCUT2D eigenvalue weighted by Gasteiger charge is -2.12. The number of carbonyl (C=O) groups is 1. The van der Waals surface area contributed by atoms with Crippen LogP contribution in [-0.2, 0) is 13.0 Å². The van der Waals surface area contributed by atoms with Gasteiger partial charge in [0.15, 0.2) is 0 Å². The average molecular weight is 277 g/mol. The molecule has 4 nitrogen and oxygen atoms in total. The van der Waals surface area contributed by atoms with Crippen LogP contribution >= 0.6 is 0 Å². The molecule has 1 atom stereocenters. The van der Waals surface area contributed by atoms with Gasteiger partial charge in [0.2, 0.25) is 0 Å². The van der Waals surface area contributed by atoms with Gasteiger partial charge in [-0.05, 0) is 36.8 Å². The first-order chi connectivity index (χ1) is 9.56. The molecular formula is C15H16FNO3. The van der Waals surface area contributed by atoms with Gasteiger partial charge in [0.1, 0.15) is 11.6 Å². The van der Waals surface area contributed by atoms with Crippen LogP contribution in [0.25, 0.3) is 0 Å². The van der Waals surface area contributed by atoms with E-state index in [0.29, 0.717) is 12.1 Å². The molecule has 5 heteroatoms. The zero-order valence-corrected chi connectivity index (χ0v) is 11.1. The summed E-state index contributed by atoms with van der Waals surface area (Å²) in [5.41, 5.74) is 0.399. The minimum Gasteiger partial charge on any atom is -0.478 e. The van der Waals surface area contributed by atoms with Gasteiger partial charge in [-0.2, -0.15) is 0 Å². The van der Waals surface area contributed by atoms with Gasteiger partial charge in [-0.15, -0.1) is 0 Å². The van der Waals surface area contributed by atoms with E-state index < -0.39 is 11.8 Å². The smallest absolute Gasteiger partial charge is 0.338 e. The maximum absolute atomic E-state index is 13.5. The van der Waals surface area contributed by atoms with E-state index in [1.54, 1.807) is 12.3 Å². The van der Waals surface area contributed by atoms with Crippen molar-refractivity contribution in [2.24, 2.45) is 0 Å². The summed E-state index contributed by atoms with van der Waals surface area (Å²) in [5, 5.41) is 12.0. The summed E-state index contributed by atoms with van der Waals surface area (Å²) in [6.45, 7) is 2.48. The number of benzene rings is 1. The Labute approximate surface area is 116 Å². The SMILES string of the molecule is CC(Cc1ccco1)NCc1ccc(C(=O)O)c(F)c1. The van der Waals surface area contributed by atoms with Crippen LogP contribution in [0.1, 0.15) is 28.6 Å². The van der Waals surface area contributed by atoms with Crippen LogP contribution in [0, 0.1) is 5.82 Å². The van der Waals surface area contributed by atoms with Crippen molar-refractivity contribution in [3.63, 3.8) is 0 Å². The lowest BCUT2D eigenvalue weighted by Crippen LogP contribution is -2.27. The molecule has 1 aromatic carbocycles. The predicted octanol–water partition coefficient (Wildman–Crippen LogP) is 2.84. The molecule has 0 saturated heterocycles. The van der Waals surface area contributed by atoms with Crippen molar-refractivity contribution in [1.29, 1.82) is 0 Å². The van der Waals surface area contributed by atoms with Gasteiger partial charge in [0.05, 0.1) is 11.8 Å². The first-order valence-electron chi connectivity index (χ1n) is 6.33. The van der Waals surface area contributed by atoms with Gasteiger partial charge >= 0.3 is 5.97 Å². The lowest BCUT2D eigenvalue weighted by molar-refractivity contribution is 0.0692. The van der Waals surface area contributed by atoms with E-state index in [1.165, 1.54) is 12.1 Å². The van der Waals surface area contributed by atoms with Gasteiger partial charge in [-0.3, -0.25) is 0 Å². The quantitative estimate of drug-likeness (QED) is 0.852. The number of nitrogens with one attached hydrogen (secondary N) is 1. The fraction of sp³-hybridized carbons (Fsp3) is 0.267. The Balaban J connectivity index is 1.90. The third kappa shape index (κ3) is 3.68. The van der Waals surface area contributed by atoms with Crippen molar-refractivity contribution in [2.45, 2.75) is 25.9 Å². The fourth-order valence-electron chi connectivity index (χ4n) is 1.94. The van der Waals surface area contributed by atoms with E-state index >= 15 is 0 Å². The Bertz CT molecular complexity index is 581. The van der Waals surface area contributed by atoms with Gasteiger partial charge in [0, 0.05) is 19.0 Å². The summed E-state index contributed by atoms with van der Waals surface area (Å²) in [7, 11) is 0. The van der Waals surface area contributed by atoms with Crippen molar-refractivity contribution in [3.8, 4) is 0 Å². The first-order valence-corrected chi connectivity index (χ1v) is 6.33. The van der Waals surface area contributed by atoms with E-state index in [4.69, 9.17) is 9.52 Å². The minimum absolute atomic E-state index is 0.170. The number of carboxylic acids is 1. The monoisotopic (exact) mass is 277 g/mol. The molecule has 106 valence electrons. The van der Waals surface area contributed by atoms with Crippen LogP contribution in [0.15, 0.2) is 41.0 Å². The van der Waals surface area contributed by atoms with Crippen LogP contribution in [-0.4, -0.2) is 17.1 Å². The Morgan fingerprint density at radius 1 is 1.45 bits per heavy atom. The molecule has 2 rings (SSSR count). The second-order valence-corrected chi connectivity index (χ2v) is 4.68. The van der Waals surface area contributed by atoms with Crippen molar-refractivity contribution >= 4 is 5.97 Å². The lowest BCUT2D eigenvalue weighted by atomic mass is 10.1. The summed E-state index contributed by atoms with van der Waals surface area (Å²) < 4.78 is 18.8. The number of carboxylic acid groups (broad SMARTS) is 1. The molecule has 2 aromatic rings. The third-order valence-electron chi connectivity index (χ3n) is 3.01.